The average molecular weight is 352 g/mol. The van der Waals surface area contributed by atoms with Crippen LogP contribution in [0.5, 0.6) is 11.5 Å². The van der Waals surface area contributed by atoms with Crippen LogP contribution in [0.1, 0.15) is 37.7 Å². The number of fused-ring (bicyclic) bond motifs is 1. The molecule has 136 valence electrons. The summed E-state index contributed by atoms with van der Waals surface area (Å²) in [6.45, 7) is 6.23. The van der Waals surface area contributed by atoms with Crippen LogP contribution in [0.4, 0.5) is 0 Å². The second kappa shape index (κ2) is 5.90. The monoisotopic (exact) mass is 352 g/mol. The number of rotatable bonds is 3. The first-order valence-corrected chi connectivity index (χ1v) is 8.78. The Kier molecular flexibility index (Phi) is 3.79. The molecule has 0 spiro atoms. The Bertz CT molecular complexity index is 935. The lowest BCUT2D eigenvalue weighted by molar-refractivity contribution is 0.0670. The molecule has 1 atom stereocenters. The highest BCUT2D eigenvalue weighted by atomic mass is 16.5. The second-order valence-electron chi connectivity index (χ2n) is 7.43. The van der Waals surface area contributed by atoms with Gasteiger partial charge in [-0.05, 0) is 32.9 Å². The molecule has 3 heterocycles. The maximum absolute atomic E-state index is 6.23. The number of hydrogen-bond acceptors (Lipinski definition) is 4. The predicted octanol–water partition coefficient (Wildman–Crippen LogP) is 3.75. The van der Waals surface area contributed by atoms with E-state index in [1.165, 1.54) is 0 Å². The summed E-state index contributed by atoms with van der Waals surface area (Å²) < 4.78 is 15.8. The lowest BCUT2D eigenvalue weighted by atomic mass is 9.89. The summed E-state index contributed by atoms with van der Waals surface area (Å²) in [5.74, 6) is 3.50. The third kappa shape index (κ3) is 2.75. The molecule has 0 aliphatic carbocycles. The van der Waals surface area contributed by atoms with Gasteiger partial charge in [0.05, 0.1) is 13.2 Å². The Morgan fingerprint density at radius 1 is 1.31 bits per heavy atom. The molecular formula is C20H24N4O2. The summed E-state index contributed by atoms with van der Waals surface area (Å²) in [5.41, 5.74) is 1.73. The molecule has 1 aliphatic heterocycles. The van der Waals surface area contributed by atoms with Gasteiger partial charge in [0.15, 0.2) is 5.82 Å². The quantitative estimate of drug-likeness (QED) is 0.720. The number of imidazole rings is 2. The van der Waals surface area contributed by atoms with Gasteiger partial charge in [-0.3, -0.25) is 0 Å². The van der Waals surface area contributed by atoms with Crippen LogP contribution in [-0.2, 0) is 7.05 Å². The van der Waals surface area contributed by atoms with Crippen molar-refractivity contribution in [1.29, 1.82) is 0 Å². The molecule has 0 bridgehead atoms. The van der Waals surface area contributed by atoms with Crippen molar-refractivity contribution in [2.24, 2.45) is 7.05 Å². The normalized spacial score (nSPS) is 18.3. The van der Waals surface area contributed by atoms with Gasteiger partial charge in [-0.2, -0.15) is 0 Å². The number of hydrogen-bond donors (Lipinski definition) is 0. The third-order valence-electron chi connectivity index (χ3n) is 4.99. The molecule has 4 rings (SSSR count). The first kappa shape index (κ1) is 16.7. The molecule has 0 N–H and O–H groups in total. The van der Waals surface area contributed by atoms with Gasteiger partial charge in [0.25, 0.3) is 0 Å². The Balaban J connectivity index is 1.83. The number of benzene rings is 1. The summed E-state index contributed by atoms with van der Waals surface area (Å²) in [6, 6.07) is 6.15. The molecular weight excluding hydrogens is 328 g/mol. The molecule has 0 radical (unpaired) electrons. The van der Waals surface area contributed by atoms with E-state index in [-0.39, 0.29) is 11.6 Å². The summed E-state index contributed by atoms with van der Waals surface area (Å²) in [6.07, 6.45) is 6.74. The molecule has 6 nitrogen and oxygen atoms in total. The fourth-order valence-electron chi connectivity index (χ4n) is 3.60. The molecule has 0 saturated heterocycles. The highest BCUT2D eigenvalue weighted by Crippen LogP contribution is 2.44. The van der Waals surface area contributed by atoms with E-state index in [4.69, 9.17) is 9.47 Å². The third-order valence-corrected chi connectivity index (χ3v) is 4.99. The first-order chi connectivity index (χ1) is 12.4. The zero-order valence-corrected chi connectivity index (χ0v) is 15.9. The molecule has 0 amide bonds. The summed E-state index contributed by atoms with van der Waals surface area (Å²) in [5, 5.41) is 0. The molecule has 0 fully saturated rings. The minimum Gasteiger partial charge on any atom is -0.497 e. The lowest BCUT2D eigenvalue weighted by Crippen LogP contribution is -2.37. The highest BCUT2D eigenvalue weighted by Gasteiger charge is 2.36. The fraction of sp³-hybridized carbons (Fsp3) is 0.400. The topological polar surface area (TPSA) is 54.1 Å². The molecule has 1 unspecified atom stereocenters. The van der Waals surface area contributed by atoms with Crippen LogP contribution in [0.25, 0.3) is 11.5 Å². The van der Waals surface area contributed by atoms with Crippen LogP contribution in [0.15, 0.2) is 36.8 Å². The van der Waals surface area contributed by atoms with Crippen LogP contribution >= 0.6 is 0 Å². The van der Waals surface area contributed by atoms with E-state index >= 15 is 0 Å². The summed E-state index contributed by atoms with van der Waals surface area (Å²) in [4.78, 5) is 9.25. The molecule has 1 aromatic carbocycles. The van der Waals surface area contributed by atoms with Gasteiger partial charge in [-0.1, -0.05) is 0 Å². The van der Waals surface area contributed by atoms with Gasteiger partial charge in [-0.25, -0.2) is 9.97 Å². The van der Waals surface area contributed by atoms with Crippen molar-refractivity contribution < 1.29 is 9.47 Å². The van der Waals surface area contributed by atoms with E-state index in [9.17, 15) is 0 Å². The van der Waals surface area contributed by atoms with Crippen molar-refractivity contribution in [3.63, 3.8) is 0 Å². The van der Waals surface area contributed by atoms with Crippen LogP contribution in [0, 0.1) is 6.92 Å². The van der Waals surface area contributed by atoms with E-state index in [0.29, 0.717) is 0 Å². The lowest BCUT2D eigenvalue weighted by Gasteiger charge is -2.38. The van der Waals surface area contributed by atoms with Crippen molar-refractivity contribution in [2.45, 2.75) is 38.8 Å². The summed E-state index contributed by atoms with van der Waals surface area (Å²) in [7, 11) is 3.67. The van der Waals surface area contributed by atoms with E-state index in [1.54, 1.807) is 7.11 Å². The van der Waals surface area contributed by atoms with E-state index < -0.39 is 0 Å². The SMILES string of the molecule is COc1ccc2c(c1)OC(C)(C)CC2n1ccnc1-c1cn(C)c(C)n1. The predicted molar refractivity (Wildman–Crippen MR) is 99.6 cm³/mol. The molecule has 3 aromatic rings. The van der Waals surface area contributed by atoms with Gasteiger partial charge in [0.2, 0.25) is 0 Å². The Morgan fingerprint density at radius 2 is 2.12 bits per heavy atom. The van der Waals surface area contributed by atoms with E-state index in [0.717, 1.165) is 40.8 Å². The maximum Gasteiger partial charge on any atom is 0.160 e. The number of methoxy groups -OCH3 is 1. The van der Waals surface area contributed by atoms with Crippen LogP contribution in [-0.4, -0.2) is 31.8 Å². The zero-order chi connectivity index (χ0) is 18.5. The van der Waals surface area contributed by atoms with Gasteiger partial charge in [-0.15, -0.1) is 0 Å². The summed E-state index contributed by atoms with van der Waals surface area (Å²) >= 11 is 0. The van der Waals surface area contributed by atoms with Gasteiger partial charge < -0.3 is 18.6 Å². The smallest absolute Gasteiger partial charge is 0.160 e. The van der Waals surface area contributed by atoms with Crippen LogP contribution in [0.2, 0.25) is 0 Å². The molecule has 0 saturated carbocycles. The number of aryl methyl sites for hydroxylation is 2. The van der Waals surface area contributed by atoms with Gasteiger partial charge >= 0.3 is 0 Å². The van der Waals surface area contributed by atoms with Crippen molar-refractivity contribution in [1.82, 2.24) is 19.1 Å². The van der Waals surface area contributed by atoms with E-state index in [1.807, 2.05) is 49.3 Å². The molecule has 26 heavy (non-hydrogen) atoms. The van der Waals surface area contributed by atoms with Crippen LogP contribution in [0.3, 0.4) is 0 Å². The van der Waals surface area contributed by atoms with Crippen LogP contribution < -0.4 is 9.47 Å². The number of aromatic nitrogens is 4. The van der Waals surface area contributed by atoms with Crippen molar-refractivity contribution >= 4 is 0 Å². The molecule has 1 aliphatic rings. The molecule has 2 aromatic heterocycles. The largest absolute Gasteiger partial charge is 0.497 e. The van der Waals surface area contributed by atoms with Gasteiger partial charge in [0.1, 0.15) is 28.6 Å². The van der Waals surface area contributed by atoms with Gasteiger partial charge in [0, 0.05) is 43.7 Å². The average Bonchev–Trinajstić information content (AvgIpc) is 3.19. The van der Waals surface area contributed by atoms with Crippen molar-refractivity contribution in [2.75, 3.05) is 7.11 Å². The second-order valence-corrected chi connectivity index (χ2v) is 7.43. The van der Waals surface area contributed by atoms with E-state index in [2.05, 4.69) is 34.4 Å². The van der Waals surface area contributed by atoms with Crippen molar-refractivity contribution in [3.05, 3.63) is 48.2 Å². The Morgan fingerprint density at radius 3 is 2.81 bits per heavy atom. The zero-order valence-electron chi connectivity index (χ0n) is 15.9. The Labute approximate surface area is 153 Å². The Hall–Kier alpha value is -2.76. The minimum atomic E-state index is -0.286. The number of ether oxygens (including phenoxy) is 2. The fourth-order valence-corrected chi connectivity index (χ4v) is 3.60. The molecule has 6 heteroatoms. The minimum absolute atomic E-state index is 0.125. The maximum atomic E-state index is 6.23. The number of nitrogens with zero attached hydrogens (tertiary/aromatic N) is 4. The first-order valence-electron chi connectivity index (χ1n) is 8.78. The van der Waals surface area contributed by atoms with Crippen molar-refractivity contribution in [3.8, 4) is 23.0 Å². The highest BCUT2D eigenvalue weighted by molar-refractivity contribution is 5.52. The standard InChI is InChI=1S/C20H24N4O2/c1-13-22-16(12-23(13)4)19-21-8-9-24(19)17-11-20(2,3)26-18-10-14(25-5)6-7-15(17)18/h6-10,12,17H,11H2,1-5H3.